The maximum absolute atomic E-state index is 10.4. The molecule has 0 saturated heterocycles. The van der Waals surface area contributed by atoms with E-state index in [2.05, 4.69) is 0 Å². The highest BCUT2D eigenvalue weighted by atomic mass is 16.5. The average molecular weight is 304 g/mol. The topological polar surface area (TPSA) is 110 Å². The molecule has 116 valence electrons. The first-order valence-corrected chi connectivity index (χ1v) is 6.81. The molecular weight excluding hydrogens is 288 g/mol. The summed E-state index contributed by atoms with van der Waals surface area (Å²) in [7, 11) is 0. The van der Waals surface area contributed by atoms with E-state index in [0.717, 1.165) is 5.56 Å². The molecule has 0 radical (unpaired) electrons. The van der Waals surface area contributed by atoms with Crippen LogP contribution in [0.2, 0.25) is 0 Å². The van der Waals surface area contributed by atoms with Crippen molar-refractivity contribution >= 4 is 0 Å². The number of benzene rings is 2. The van der Waals surface area contributed by atoms with Crippen molar-refractivity contribution in [3.63, 3.8) is 0 Å². The van der Waals surface area contributed by atoms with Crippen LogP contribution in [0, 0.1) is 0 Å². The summed E-state index contributed by atoms with van der Waals surface area (Å²) in [6, 6.07) is 7.10. The lowest BCUT2D eigenvalue weighted by atomic mass is 9.86. The minimum Gasteiger partial charge on any atom is -0.508 e. The third-order valence-electron chi connectivity index (χ3n) is 3.98. The predicted molar refractivity (Wildman–Crippen MR) is 77.3 cm³/mol. The predicted octanol–water partition coefficient (Wildman–Crippen LogP) is 2.11. The van der Waals surface area contributed by atoms with E-state index in [1.165, 1.54) is 24.3 Å². The standard InChI is InChI=1S/C16H16O6/c1-7-10-3-2-9(17)6-13(10)22-16(14(7)20)8-4-11(18)15(21)12(19)5-8/h2-7,14,16-21H,1H3. The lowest BCUT2D eigenvalue weighted by Gasteiger charge is -2.35. The van der Waals surface area contributed by atoms with Crippen molar-refractivity contribution in [2.45, 2.75) is 25.0 Å². The molecule has 3 rings (SSSR count). The van der Waals surface area contributed by atoms with Gasteiger partial charge in [-0.1, -0.05) is 13.0 Å². The van der Waals surface area contributed by atoms with Crippen molar-refractivity contribution in [1.82, 2.24) is 0 Å². The van der Waals surface area contributed by atoms with Crippen LogP contribution >= 0.6 is 0 Å². The molecule has 3 unspecified atom stereocenters. The Hall–Kier alpha value is -2.60. The third-order valence-corrected chi connectivity index (χ3v) is 3.98. The Labute approximate surface area is 126 Å². The zero-order valence-corrected chi connectivity index (χ0v) is 11.8. The first kappa shape index (κ1) is 14.3. The molecule has 0 amide bonds. The van der Waals surface area contributed by atoms with Gasteiger partial charge < -0.3 is 30.3 Å². The van der Waals surface area contributed by atoms with Gasteiger partial charge in [-0.15, -0.1) is 0 Å². The molecule has 1 heterocycles. The highest BCUT2D eigenvalue weighted by molar-refractivity contribution is 5.53. The maximum Gasteiger partial charge on any atom is 0.200 e. The monoisotopic (exact) mass is 304 g/mol. The zero-order valence-electron chi connectivity index (χ0n) is 11.8. The molecule has 2 aromatic rings. The van der Waals surface area contributed by atoms with E-state index in [1.807, 2.05) is 6.92 Å². The van der Waals surface area contributed by atoms with Gasteiger partial charge in [0, 0.05) is 17.5 Å². The van der Waals surface area contributed by atoms with Crippen LogP contribution in [0.1, 0.15) is 30.1 Å². The van der Waals surface area contributed by atoms with Crippen LogP contribution in [0.25, 0.3) is 0 Å². The summed E-state index contributed by atoms with van der Waals surface area (Å²) in [4.78, 5) is 0. The zero-order chi connectivity index (χ0) is 16.0. The van der Waals surface area contributed by atoms with Gasteiger partial charge >= 0.3 is 0 Å². The van der Waals surface area contributed by atoms with Crippen LogP contribution in [-0.2, 0) is 0 Å². The molecule has 1 aliphatic heterocycles. The van der Waals surface area contributed by atoms with E-state index in [4.69, 9.17) is 4.74 Å². The third kappa shape index (κ3) is 2.17. The Morgan fingerprint density at radius 2 is 1.59 bits per heavy atom. The fourth-order valence-corrected chi connectivity index (χ4v) is 2.71. The molecule has 0 aliphatic carbocycles. The lowest BCUT2D eigenvalue weighted by Crippen LogP contribution is -2.33. The van der Waals surface area contributed by atoms with Crippen LogP contribution in [0.4, 0.5) is 0 Å². The molecule has 0 aromatic heterocycles. The second-order valence-corrected chi connectivity index (χ2v) is 5.45. The number of hydrogen-bond donors (Lipinski definition) is 5. The fraction of sp³-hybridized carbons (Fsp3) is 0.250. The highest BCUT2D eigenvalue weighted by Crippen LogP contribution is 2.46. The van der Waals surface area contributed by atoms with Gasteiger partial charge in [0.2, 0.25) is 0 Å². The van der Waals surface area contributed by atoms with Crippen molar-refractivity contribution < 1.29 is 30.3 Å². The summed E-state index contributed by atoms with van der Waals surface area (Å²) >= 11 is 0. The Morgan fingerprint density at radius 3 is 2.23 bits per heavy atom. The van der Waals surface area contributed by atoms with Gasteiger partial charge in [-0.3, -0.25) is 0 Å². The van der Waals surface area contributed by atoms with E-state index in [9.17, 15) is 25.5 Å². The molecule has 5 N–H and O–H groups in total. The van der Waals surface area contributed by atoms with Gasteiger partial charge in [-0.2, -0.15) is 0 Å². The van der Waals surface area contributed by atoms with Gasteiger partial charge in [-0.05, 0) is 23.8 Å². The number of phenolic OH excluding ortho intramolecular Hbond substituents is 4. The van der Waals surface area contributed by atoms with Crippen molar-refractivity contribution in [2.24, 2.45) is 0 Å². The number of aliphatic hydroxyl groups excluding tert-OH is 1. The van der Waals surface area contributed by atoms with Crippen molar-refractivity contribution in [2.75, 3.05) is 0 Å². The lowest BCUT2D eigenvalue weighted by molar-refractivity contribution is 0.00346. The first-order valence-electron chi connectivity index (χ1n) is 6.81. The number of rotatable bonds is 1. The van der Waals surface area contributed by atoms with Crippen molar-refractivity contribution in [3.8, 4) is 28.7 Å². The number of fused-ring (bicyclic) bond motifs is 1. The quantitative estimate of drug-likeness (QED) is 0.516. The SMILES string of the molecule is CC1c2ccc(O)cc2OC(c2cc(O)c(O)c(O)c2)C1O. The Balaban J connectivity index is 2.06. The van der Waals surface area contributed by atoms with Crippen LogP contribution in [0.15, 0.2) is 30.3 Å². The minimum atomic E-state index is -0.916. The van der Waals surface area contributed by atoms with E-state index >= 15 is 0 Å². The molecule has 0 spiro atoms. The smallest absolute Gasteiger partial charge is 0.200 e. The summed E-state index contributed by atoms with van der Waals surface area (Å²) in [5, 5.41) is 48.6. The van der Waals surface area contributed by atoms with Gasteiger partial charge in [0.05, 0.1) is 0 Å². The maximum atomic E-state index is 10.4. The molecule has 22 heavy (non-hydrogen) atoms. The molecular formula is C16H16O6. The first-order chi connectivity index (χ1) is 10.4. The van der Waals surface area contributed by atoms with E-state index in [0.29, 0.717) is 11.3 Å². The highest BCUT2D eigenvalue weighted by Gasteiger charge is 2.36. The second-order valence-electron chi connectivity index (χ2n) is 5.45. The summed E-state index contributed by atoms with van der Waals surface area (Å²) in [6.45, 7) is 1.82. The number of aliphatic hydroxyl groups is 1. The van der Waals surface area contributed by atoms with Gasteiger partial charge in [0.15, 0.2) is 23.4 Å². The normalized spacial score (nSPS) is 23.6. The van der Waals surface area contributed by atoms with Crippen LogP contribution in [0.5, 0.6) is 28.7 Å². The Kier molecular flexibility index (Phi) is 3.26. The van der Waals surface area contributed by atoms with Gasteiger partial charge in [-0.25, -0.2) is 0 Å². The van der Waals surface area contributed by atoms with Crippen molar-refractivity contribution in [3.05, 3.63) is 41.5 Å². The van der Waals surface area contributed by atoms with E-state index < -0.39 is 29.5 Å². The summed E-state index contributed by atoms with van der Waals surface area (Å²) in [6.07, 6.45) is -1.76. The number of phenols is 4. The van der Waals surface area contributed by atoms with E-state index in [-0.39, 0.29) is 11.7 Å². The number of ether oxygens (including phenoxy) is 1. The van der Waals surface area contributed by atoms with Gasteiger partial charge in [0.1, 0.15) is 17.6 Å². The summed E-state index contributed by atoms with van der Waals surface area (Å²) in [5.74, 6) is -1.43. The average Bonchev–Trinajstić information content (AvgIpc) is 2.47. The Bertz CT molecular complexity index is 704. The Morgan fingerprint density at radius 1 is 0.955 bits per heavy atom. The van der Waals surface area contributed by atoms with Crippen LogP contribution in [-0.4, -0.2) is 31.6 Å². The van der Waals surface area contributed by atoms with E-state index in [1.54, 1.807) is 6.07 Å². The molecule has 2 aromatic carbocycles. The van der Waals surface area contributed by atoms with Gasteiger partial charge in [0.25, 0.3) is 0 Å². The summed E-state index contributed by atoms with van der Waals surface area (Å²) in [5.41, 5.74) is 1.08. The molecule has 0 bridgehead atoms. The van der Waals surface area contributed by atoms with Crippen LogP contribution in [0.3, 0.4) is 0 Å². The fourth-order valence-electron chi connectivity index (χ4n) is 2.71. The molecule has 0 saturated carbocycles. The van der Waals surface area contributed by atoms with Crippen molar-refractivity contribution in [1.29, 1.82) is 0 Å². The molecule has 1 aliphatic rings. The number of aromatic hydroxyl groups is 4. The van der Waals surface area contributed by atoms with Crippen LogP contribution < -0.4 is 4.74 Å². The molecule has 0 fully saturated rings. The minimum absolute atomic E-state index is 0.0393. The second kappa shape index (κ2) is 4.99. The number of hydrogen-bond acceptors (Lipinski definition) is 6. The summed E-state index contributed by atoms with van der Waals surface area (Å²) < 4.78 is 5.72. The largest absolute Gasteiger partial charge is 0.508 e. The molecule has 3 atom stereocenters. The molecule has 6 nitrogen and oxygen atoms in total. The molecule has 6 heteroatoms.